The van der Waals surface area contributed by atoms with Crippen LogP contribution >= 0.6 is 0 Å². The quantitative estimate of drug-likeness (QED) is 0.502. The molecule has 0 aromatic heterocycles. The van der Waals surface area contributed by atoms with Crippen LogP contribution in [0.15, 0.2) is 12.0 Å². The van der Waals surface area contributed by atoms with Crippen molar-refractivity contribution in [3.05, 3.63) is 12.0 Å². The van der Waals surface area contributed by atoms with Crippen LogP contribution in [0.3, 0.4) is 0 Å². The van der Waals surface area contributed by atoms with Gasteiger partial charge < -0.3 is 9.47 Å². The number of ether oxygens (including phenoxy) is 2. The minimum absolute atomic E-state index is 2.31. The van der Waals surface area contributed by atoms with Crippen molar-refractivity contribution in [2.24, 2.45) is 0 Å². The van der Waals surface area contributed by atoms with E-state index in [0.717, 1.165) is 0 Å². The molecule has 1 aliphatic heterocycles. The van der Waals surface area contributed by atoms with Gasteiger partial charge in [0.25, 0.3) is 0 Å². The molecular formula is C10F16O2. The van der Waals surface area contributed by atoms with Gasteiger partial charge in [-0.25, -0.2) is 8.78 Å². The third kappa shape index (κ3) is 1.84. The van der Waals surface area contributed by atoms with Gasteiger partial charge in [-0.05, 0) is 0 Å². The summed E-state index contributed by atoms with van der Waals surface area (Å²) in [6.07, 6.45) is -18.4. The van der Waals surface area contributed by atoms with Gasteiger partial charge in [-0.3, -0.25) is 0 Å². The first-order chi connectivity index (χ1) is 12.0. The Balaban J connectivity index is 2.96. The van der Waals surface area contributed by atoms with Crippen LogP contribution in [0.1, 0.15) is 0 Å². The molecule has 0 atom stereocenters. The maximum absolute atomic E-state index is 14.3. The fourth-order valence-electron chi connectivity index (χ4n) is 2.50. The Hall–Kier alpha value is -1.78. The lowest BCUT2D eigenvalue weighted by Gasteiger charge is -2.48. The van der Waals surface area contributed by atoms with Gasteiger partial charge >= 0.3 is 59.3 Å². The molecule has 0 radical (unpaired) electrons. The summed E-state index contributed by atoms with van der Waals surface area (Å²) < 4.78 is 218. The normalized spacial score (nSPS) is 35.6. The van der Waals surface area contributed by atoms with Crippen LogP contribution in [0.2, 0.25) is 0 Å². The summed E-state index contributed by atoms with van der Waals surface area (Å²) in [6, 6.07) is 0. The Bertz CT molecular complexity index is 673. The van der Waals surface area contributed by atoms with Gasteiger partial charge in [0, 0.05) is 0 Å². The predicted molar refractivity (Wildman–Crippen MR) is 48.8 cm³/mol. The fraction of sp³-hybridized carbons (Fsp3) is 0.800. The molecule has 2 rings (SSSR count). The van der Waals surface area contributed by atoms with E-state index in [1.54, 1.807) is 0 Å². The molecule has 2 nitrogen and oxygen atoms in total. The van der Waals surface area contributed by atoms with E-state index < -0.39 is 59.3 Å². The largest absolute Gasteiger partial charge is 0.449 e. The summed E-state index contributed by atoms with van der Waals surface area (Å²) >= 11 is 0. The molecule has 0 bridgehead atoms. The van der Waals surface area contributed by atoms with Crippen molar-refractivity contribution < 1.29 is 79.7 Å². The van der Waals surface area contributed by atoms with Crippen molar-refractivity contribution in [2.45, 2.75) is 47.2 Å². The van der Waals surface area contributed by atoms with E-state index in [1.807, 2.05) is 0 Å². The van der Waals surface area contributed by atoms with E-state index in [9.17, 15) is 70.2 Å². The number of rotatable bonds is 1. The molecule has 0 aromatic carbocycles. The maximum atomic E-state index is 14.3. The van der Waals surface area contributed by atoms with E-state index in [2.05, 4.69) is 9.47 Å². The average molecular weight is 456 g/mol. The van der Waals surface area contributed by atoms with Gasteiger partial charge in [0.2, 0.25) is 0 Å². The maximum Gasteiger partial charge on any atom is 0.449 e. The lowest BCUT2D eigenvalue weighted by atomic mass is 9.77. The lowest BCUT2D eigenvalue weighted by Crippen LogP contribution is -2.80. The Morgan fingerprint density at radius 3 is 1.00 bits per heavy atom. The smallest absolute Gasteiger partial charge is 0.394 e. The molecule has 0 unspecified atom stereocenters. The number of halogens is 16. The van der Waals surface area contributed by atoms with E-state index in [0.29, 0.717) is 0 Å². The Morgan fingerprint density at radius 1 is 0.464 bits per heavy atom. The summed E-state index contributed by atoms with van der Waals surface area (Å²) in [5, 5.41) is 0. The van der Waals surface area contributed by atoms with Gasteiger partial charge in [0.15, 0.2) is 0 Å². The fourth-order valence-corrected chi connectivity index (χ4v) is 2.50. The molecule has 0 aromatic rings. The van der Waals surface area contributed by atoms with Crippen LogP contribution in [-0.4, -0.2) is 47.2 Å². The summed E-state index contributed by atoms with van der Waals surface area (Å²) in [5.74, 6) is -34.8. The first kappa shape index (κ1) is 22.5. The zero-order valence-corrected chi connectivity index (χ0v) is 11.9. The summed E-state index contributed by atoms with van der Waals surface area (Å²) in [6.45, 7) is 0. The van der Waals surface area contributed by atoms with Crippen LogP contribution in [0.5, 0.6) is 0 Å². The van der Waals surface area contributed by atoms with Crippen molar-refractivity contribution in [3.63, 3.8) is 0 Å². The molecule has 2 fully saturated rings. The second-order valence-electron chi connectivity index (χ2n) is 5.40. The van der Waals surface area contributed by atoms with Gasteiger partial charge in [-0.1, -0.05) is 0 Å². The van der Waals surface area contributed by atoms with Crippen molar-refractivity contribution in [3.8, 4) is 0 Å². The molecule has 1 saturated carbocycles. The highest BCUT2D eigenvalue weighted by molar-refractivity contribution is 5.36. The van der Waals surface area contributed by atoms with Gasteiger partial charge in [0.05, 0.1) is 0 Å². The summed E-state index contributed by atoms with van der Waals surface area (Å²) in [7, 11) is 0. The number of alkyl halides is 14. The van der Waals surface area contributed by atoms with E-state index >= 15 is 0 Å². The van der Waals surface area contributed by atoms with Crippen LogP contribution in [-0.2, 0) is 9.47 Å². The van der Waals surface area contributed by atoms with Gasteiger partial charge in [-0.15, -0.1) is 0 Å². The highest BCUT2D eigenvalue weighted by Crippen LogP contribution is 2.76. The van der Waals surface area contributed by atoms with Crippen molar-refractivity contribution in [1.29, 1.82) is 0 Å². The average Bonchev–Trinajstić information content (AvgIpc) is 2.53. The second kappa shape index (κ2) is 5.03. The SMILES string of the molecule is FC(F)=C1OC(F)(F)C(F)(C2(F)C(F)(F)C(F)(F)C(F)(F)C2(F)F)C(F)(F)O1. The highest BCUT2D eigenvalue weighted by atomic mass is 19.4. The van der Waals surface area contributed by atoms with Crippen LogP contribution in [0.25, 0.3) is 0 Å². The zero-order chi connectivity index (χ0) is 22.6. The predicted octanol–water partition coefficient (Wildman–Crippen LogP) is 5.26. The molecule has 0 N–H and O–H groups in total. The van der Waals surface area contributed by atoms with Crippen LogP contribution in [0.4, 0.5) is 70.2 Å². The van der Waals surface area contributed by atoms with Crippen molar-refractivity contribution in [1.82, 2.24) is 0 Å². The molecule has 18 heteroatoms. The van der Waals surface area contributed by atoms with Gasteiger partial charge in [0.1, 0.15) is 0 Å². The molecule has 0 amide bonds. The Kier molecular flexibility index (Phi) is 4.05. The van der Waals surface area contributed by atoms with E-state index in [1.165, 1.54) is 0 Å². The Morgan fingerprint density at radius 2 is 0.750 bits per heavy atom. The molecule has 2 aliphatic rings. The highest BCUT2D eigenvalue weighted by Gasteiger charge is 3.10. The lowest BCUT2D eigenvalue weighted by molar-refractivity contribution is -0.500. The van der Waals surface area contributed by atoms with Crippen LogP contribution in [0, 0.1) is 0 Å². The van der Waals surface area contributed by atoms with Crippen LogP contribution < -0.4 is 0 Å². The molecule has 164 valence electrons. The van der Waals surface area contributed by atoms with E-state index in [4.69, 9.17) is 0 Å². The standard InChI is InChI=1S/C10F16O2/c11-1(12)2-27-9(23,24)4(14,10(25,26)28-2)3(13)5(15,16)7(19,20)8(21,22)6(3,17)18. The minimum Gasteiger partial charge on any atom is -0.394 e. The number of hydrogen-bond donors (Lipinski definition) is 0. The molecule has 0 spiro atoms. The van der Waals surface area contributed by atoms with E-state index in [-0.39, 0.29) is 0 Å². The van der Waals surface area contributed by atoms with Crippen molar-refractivity contribution in [2.75, 3.05) is 0 Å². The first-order valence-electron chi connectivity index (χ1n) is 6.09. The summed E-state index contributed by atoms with van der Waals surface area (Å²) in [5.41, 5.74) is -16.0. The second-order valence-corrected chi connectivity index (χ2v) is 5.40. The summed E-state index contributed by atoms with van der Waals surface area (Å²) in [4.78, 5) is 0. The third-order valence-electron chi connectivity index (χ3n) is 3.92. The van der Waals surface area contributed by atoms with Crippen molar-refractivity contribution >= 4 is 0 Å². The number of hydrogen-bond acceptors (Lipinski definition) is 2. The molecule has 1 heterocycles. The Labute approximate surface area is 140 Å². The minimum atomic E-state index is -8.15. The molecule has 1 saturated heterocycles. The van der Waals surface area contributed by atoms with Gasteiger partial charge in [-0.2, -0.15) is 61.5 Å². The molecule has 1 aliphatic carbocycles. The first-order valence-corrected chi connectivity index (χ1v) is 6.09. The monoisotopic (exact) mass is 456 g/mol. The molecule has 28 heavy (non-hydrogen) atoms. The molecular weight excluding hydrogens is 456 g/mol. The zero-order valence-electron chi connectivity index (χ0n) is 11.9. The topological polar surface area (TPSA) is 18.5 Å². The third-order valence-corrected chi connectivity index (χ3v) is 3.92.